The second-order valence-electron chi connectivity index (χ2n) is 7.38. The number of hydrogen-bond donors (Lipinski definition) is 1. The second-order valence-corrected chi connectivity index (χ2v) is 7.38. The monoisotopic (exact) mass is 378 g/mol. The van der Waals surface area contributed by atoms with Crippen LogP contribution in [0.15, 0.2) is 43.0 Å². The summed E-state index contributed by atoms with van der Waals surface area (Å²) >= 11 is 0. The van der Waals surface area contributed by atoms with Gasteiger partial charge in [-0.25, -0.2) is 9.97 Å². The smallest absolute Gasteiger partial charge is 0.115 e. The van der Waals surface area contributed by atoms with Crippen molar-refractivity contribution in [3.63, 3.8) is 0 Å². The number of ether oxygens (including phenoxy) is 1. The van der Waals surface area contributed by atoms with Crippen LogP contribution in [-0.2, 0) is 11.3 Å². The summed E-state index contributed by atoms with van der Waals surface area (Å²) in [5.41, 5.74) is 3.02. The predicted octanol–water partition coefficient (Wildman–Crippen LogP) is 1.14. The minimum absolute atomic E-state index is 0.264. The van der Waals surface area contributed by atoms with Crippen molar-refractivity contribution in [3.05, 3.63) is 59.7 Å². The molecule has 0 spiro atoms. The van der Waals surface area contributed by atoms with Gasteiger partial charge in [-0.15, -0.1) is 0 Å². The van der Waals surface area contributed by atoms with Crippen LogP contribution in [0.4, 0.5) is 0 Å². The average Bonchev–Trinajstić information content (AvgIpc) is 2.75. The first-order valence-corrected chi connectivity index (χ1v) is 9.86. The first-order chi connectivity index (χ1) is 13.8. The molecule has 2 fully saturated rings. The highest BCUT2D eigenvalue weighted by atomic mass is 16.5. The van der Waals surface area contributed by atoms with E-state index in [1.54, 1.807) is 12.4 Å². The van der Waals surface area contributed by atoms with E-state index in [0.717, 1.165) is 63.5 Å². The molecule has 4 rings (SSSR count). The fraction of sp³-hybridized carbons (Fsp3) is 0.455. The fourth-order valence-corrected chi connectivity index (χ4v) is 3.92. The van der Waals surface area contributed by atoms with Crippen LogP contribution in [0.3, 0.4) is 0 Å². The topological polar surface area (TPSA) is 61.7 Å². The van der Waals surface area contributed by atoms with E-state index in [-0.39, 0.29) is 12.1 Å². The molecule has 2 aliphatic heterocycles. The molecule has 2 aromatic rings. The summed E-state index contributed by atoms with van der Waals surface area (Å²) in [6, 6.07) is 8.59. The largest absolute Gasteiger partial charge is 0.390 e. The molecule has 2 aliphatic rings. The van der Waals surface area contributed by atoms with Gasteiger partial charge in [0.25, 0.3) is 0 Å². The third-order valence-electron chi connectivity index (χ3n) is 5.42. The molecule has 0 bridgehead atoms. The molecule has 2 saturated heterocycles. The number of aliphatic hydroxyl groups excluding tert-OH is 1. The molecule has 0 unspecified atom stereocenters. The van der Waals surface area contributed by atoms with Crippen molar-refractivity contribution in [2.24, 2.45) is 0 Å². The zero-order valence-corrected chi connectivity index (χ0v) is 16.0. The Morgan fingerprint density at radius 3 is 2.43 bits per heavy atom. The van der Waals surface area contributed by atoms with Crippen molar-refractivity contribution in [1.82, 2.24) is 19.8 Å². The molecule has 6 heteroatoms. The van der Waals surface area contributed by atoms with Crippen molar-refractivity contribution in [3.8, 4) is 11.8 Å². The van der Waals surface area contributed by atoms with Crippen LogP contribution in [0.1, 0.15) is 23.1 Å². The Bertz CT molecular complexity index is 810. The SMILES string of the molecule is O[C@H]1CN(Cc2ccc(C#Cc3cncnc3)cc2)CC[C@@H]1N1CCOCC1. The van der Waals surface area contributed by atoms with Gasteiger partial charge in [0.2, 0.25) is 0 Å². The first-order valence-electron chi connectivity index (χ1n) is 9.86. The van der Waals surface area contributed by atoms with Gasteiger partial charge in [-0.05, 0) is 24.1 Å². The molecule has 0 aliphatic carbocycles. The summed E-state index contributed by atoms with van der Waals surface area (Å²) in [6.45, 7) is 6.00. The number of piperidine rings is 1. The van der Waals surface area contributed by atoms with Gasteiger partial charge in [-0.2, -0.15) is 0 Å². The lowest BCUT2D eigenvalue weighted by molar-refractivity contribution is -0.0534. The maximum absolute atomic E-state index is 10.6. The molecule has 3 heterocycles. The fourth-order valence-electron chi connectivity index (χ4n) is 3.92. The van der Waals surface area contributed by atoms with E-state index in [1.807, 2.05) is 12.1 Å². The van der Waals surface area contributed by atoms with E-state index in [9.17, 15) is 5.11 Å². The van der Waals surface area contributed by atoms with Crippen molar-refractivity contribution in [1.29, 1.82) is 0 Å². The normalized spacial score (nSPS) is 23.8. The van der Waals surface area contributed by atoms with Crippen LogP contribution in [-0.4, -0.2) is 76.4 Å². The first kappa shape index (κ1) is 19.0. The second kappa shape index (κ2) is 9.26. The molecular weight excluding hydrogens is 352 g/mol. The maximum atomic E-state index is 10.6. The van der Waals surface area contributed by atoms with Gasteiger partial charge in [0.1, 0.15) is 6.33 Å². The molecule has 1 N–H and O–H groups in total. The molecular formula is C22H26N4O2. The lowest BCUT2D eigenvalue weighted by atomic mass is 9.99. The van der Waals surface area contributed by atoms with E-state index in [0.29, 0.717) is 0 Å². The molecule has 6 nitrogen and oxygen atoms in total. The average molecular weight is 378 g/mol. The Hall–Kier alpha value is -2.30. The molecule has 28 heavy (non-hydrogen) atoms. The molecule has 0 radical (unpaired) electrons. The van der Waals surface area contributed by atoms with Gasteiger partial charge in [0.05, 0.1) is 24.9 Å². The quantitative estimate of drug-likeness (QED) is 0.809. The summed E-state index contributed by atoms with van der Waals surface area (Å²) in [4.78, 5) is 12.7. The summed E-state index contributed by atoms with van der Waals surface area (Å²) in [5.74, 6) is 6.21. The Labute approximate surface area is 166 Å². The summed E-state index contributed by atoms with van der Waals surface area (Å²) in [6.07, 6.45) is 5.62. The highest BCUT2D eigenvalue weighted by molar-refractivity contribution is 5.41. The Kier molecular flexibility index (Phi) is 6.30. The number of rotatable bonds is 3. The van der Waals surface area contributed by atoms with E-state index in [2.05, 4.69) is 43.7 Å². The molecule has 2 atom stereocenters. The maximum Gasteiger partial charge on any atom is 0.115 e. The van der Waals surface area contributed by atoms with E-state index < -0.39 is 0 Å². The third kappa shape index (κ3) is 4.94. The molecule has 1 aromatic carbocycles. The Balaban J connectivity index is 1.31. The summed E-state index contributed by atoms with van der Waals surface area (Å²) in [5, 5.41) is 10.6. The van der Waals surface area contributed by atoms with Crippen molar-refractivity contribution in [2.75, 3.05) is 39.4 Å². The van der Waals surface area contributed by atoms with Crippen LogP contribution in [0.25, 0.3) is 0 Å². The zero-order chi connectivity index (χ0) is 19.2. The number of likely N-dealkylation sites (tertiary alicyclic amines) is 1. The lowest BCUT2D eigenvalue weighted by Crippen LogP contribution is -2.56. The third-order valence-corrected chi connectivity index (χ3v) is 5.42. The van der Waals surface area contributed by atoms with E-state index in [4.69, 9.17) is 4.74 Å². The van der Waals surface area contributed by atoms with Gasteiger partial charge < -0.3 is 9.84 Å². The molecule has 0 amide bonds. The lowest BCUT2D eigenvalue weighted by Gasteiger charge is -2.43. The highest BCUT2D eigenvalue weighted by Gasteiger charge is 2.32. The number of nitrogens with zero attached hydrogens (tertiary/aromatic N) is 4. The number of hydrogen-bond acceptors (Lipinski definition) is 6. The van der Waals surface area contributed by atoms with Crippen LogP contribution in [0.5, 0.6) is 0 Å². The number of aromatic nitrogens is 2. The van der Waals surface area contributed by atoms with Crippen LogP contribution < -0.4 is 0 Å². The van der Waals surface area contributed by atoms with Crippen molar-refractivity contribution < 1.29 is 9.84 Å². The van der Waals surface area contributed by atoms with Gasteiger partial charge in [0.15, 0.2) is 0 Å². The standard InChI is InChI=1S/C22H26N4O2/c27-22-16-25(8-7-21(22)26-9-11-28-12-10-26)15-19-4-1-18(2-5-19)3-6-20-13-23-17-24-14-20/h1-2,4-5,13-14,17,21-22,27H,7-12,15-16H2/t21-,22-/m0/s1. The number of benzene rings is 1. The van der Waals surface area contributed by atoms with Gasteiger partial charge in [-0.3, -0.25) is 9.80 Å². The Morgan fingerprint density at radius 1 is 1.00 bits per heavy atom. The van der Waals surface area contributed by atoms with Crippen molar-refractivity contribution in [2.45, 2.75) is 25.1 Å². The Morgan fingerprint density at radius 2 is 1.71 bits per heavy atom. The predicted molar refractivity (Wildman–Crippen MR) is 107 cm³/mol. The highest BCUT2D eigenvalue weighted by Crippen LogP contribution is 2.20. The minimum Gasteiger partial charge on any atom is -0.390 e. The number of morpholine rings is 1. The zero-order valence-electron chi connectivity index (χ0n) is 16.0. The number of β-amino-alcohol motifs (C(OH)–C–C–N with tert-alkyl or cyclic N) is 1. The molecule has 1 aromatic heterocycles. The summed E-state index contributed by atoms with van der Waals surface area (Å²) in [7, 11) is 0. The van der Waals surface area contributed by atoms with Crippen LogP contribution in [0, 0.1) is 11.8 Å². The molecule has 0 saturated carbocycles. The van der Waals surface area contributed by atoms with Gasteiger partial charge >= 0.3 is 0 Å². The van der Waals surface area contributed by atoms with Crippen LogP contribution >= 0.6 is 0 Å². The van der Waals surface area contributed by atoms with Crippen LogP contribution in [0.2, 0.25) is 0 Å². The number of aliphatic hydroxyl groups is 1. The molecule has 146 valence electrons. The minimum atomic E-state index is -0.301. The van der Waals surface area contributed by atoms with Crippen molar-refractivity contribution >= 4 is 0 Å². The summed E-state index contributed by atoms with van der Waals surface area (Å²) < 4.78 is 5.43. The van der Waals surface area contributed by atoms with E-state index >= 15 is 0 Å². The van der Waals surface area contributed by atoms with Gasteiger partial charge in [0, 0.05) is 56.7 Å². The van der Waals surface area contributed by atoms with E-state index in [1.165, 1.54) is 11.9 Å². The van der Waals surface area contributed by atoms with Gasteiger partial charge in [-0.1, -0.05) is 24.0 Å².